The molecule has 1 amide bonds. The quantitative estimate of drug-likeness (QED) is 0.852. The highest BCUT2D eigenvalue weighted by Gasteiger charge is 2.33. The molecule has 1 aromatic heterocycles. The second kappa shape index (κ2) is 7.30. The van der Waals surface area contributed by atoms with Crippen molar-refractivity contribution in [2.75, 3.05) is 20.1 Å². The van der Waals surface area contributed by atoms with E-state index in [-0.39, 0.29) is 18.2 Å². The number of rotatable bonds is 4. The standard InChI is InChI=1S/C18H29N3O2/c1-14(16-10-6-7-11-19-16)20(5)13-15-9-8-12-21(15)17(22)23-18(2,3)4/h6-7,10-11,14-15H,8-9,12-13H2,1-5H3/t14-,15-/m1/s1. The SMILES string of the molecule is C[C@H](c1ccccn1)N(C)C[C@H]1CCCN1C(=O)OC(C)(C)C. The third kappa shape index (κ3) is 4.93. The third-order valence-electron chi connectivity index (χ3n) is 4.28. The van der Waals surface area contributed by atoms with Crippen LogP contribution >= 0.6 is 0 Å². The Morgan fingerprint density at radius 1 is 1.48 bits per heavy atom. The van der Waals surface area contributed by atoms with Gasteiger partial charge in [0.05, 0.1) is 5.69 Å². The van der Waals surface area contributed by atoms with Gasteiger partial charge in [-0.05, 0) is 59.7 Å². The van der Waals surface area contributed by atoms with E-state index in [9.17, 15) is 4.79 Å². The molecule has 1 fully saturated rings. The minimum atomic E-state index is -0.447. The molecule has 0 bridgehead atoms. The van der Waals surface area contributed by atoms with Crippen LogP contribution in [0, 0.1) is 0 Å². The van der Waals surface area contributed by atoms with E-state index in [1.165, 1.54) is 0 Å². The topological polar surface area (TPSA) is 45.7 Å². The zero-order valence-corrected chi connectivity index (χ0v) is 15.0. The number of ether oxygens (including phenoxy) is 1. The highest BCUT2D eigenvalue weighted by atomic mass is 16.6. The Kier molecular flexibility index (Phi) is 5.63. The van der Waals surface area contributed by atoms with Gasteiger partial charge in [-0.2, -0.15) is 0 Å². The average Bonchev–Trinajstić information content (AvgIpc) is 2.94. The van der Waals surface area contributed by atoms with E-state index in [4.69, 9.17) is 4.74 Å². The predicted molar refractivity (Wildman–Crippen MR) is 91.2 cm³/mol. The molecule has 0 unspecified atom stereocenters. The molecule has 128 valence electrons. The van der Waals surface area contributed by atoms with Gasteiger partial charge >= 0.3 is 6.09 Å². The normalized spacial score (nSPS) is 19.9. The fraction of sp³-hybridized carbons (Fsp3) is 0.667. The number of likely N-dealkylation sites (tertiary alicyclic amines) is 1. The van der Waals surface area contributed by atoms with Crippen molar-refractivity contribution in [2.45, 2.75) is 58.2 Å². The fourth-order valence-electron chi connectivity index (χ4n) is 2.93. The molecular weight excluding hydrogens is 290 g/mol. The first-order chi connectivity index (χ1) is 10.8. The first-order valence-electron chi connectivity index (χ1n) is 8.39. The van der Waals surface area contributed by atoms with Crippen molar-refractivity contribution in [3.05, 3.63) is 30.1 Å². The molecule has 1 aliphatic heterocycles. The lowest BCUT2D eigenvalue weighted by Gasteiger charge is -2.33. The van der Waals surface area contributed by atoms with Crippen molar-refractivity contribution < 1.29 is 9.53 Å². The number of carbonyl (C=O) groups excluding carboxylic acids is 1. The van der Waals surface area contributed by atoms with Gasteiger partial charge in [-0.25, -0.2) is 4.79 Å². The molecule has 0 spiro atoms. The largest absolute Gasteiger partial charge is 0.444 e. The van der Waals surface area contributed by atoms with Gasteiger partial charge in [-0.1, -0.05) is 6.07 Å². The van der Waals surface area contributed by atoms with E-state index in [0.717, 1.165) is 31.6 Å². The number of carbonyl (C=O) groups is 1. The van der Waals surface area contributed by atoms with Crippen molar-refractivity contribution in [3.63, 3.8) is 0 Å². The van der Waals surface area contributed by atoms with Crippen molar-refractivity contribution in [3.8, 4) is 0 Å². The molecular formula is C18H29N3O2. The second-order valence-corrected chi connectivity index (χ2v) is 7.34. The van der Waals surface area contributed by atoms with Gasteiger partial charge in [0.25, 0.3) is 0 Å². The Bertz CT molecular complexity index is 513. The summed E-state index contributed by atoms with van der Waals surface area (Å²) < 4.78 is 5.53. The molecule has 0 N–H and O–H groups in total. The van der Waals surface area contributed by atoms with E-state index in [1.807, 2.05) is 50.1 Å². The van der Waals surface area contributed by atoms with Gasteiger partial charge in [0.1, 0.15) is 5.60 Å². The Hall–Kier alpha value is -1.62. The molecule has 1 aliphatic rings. The maximum Gasteiger partial charge on any atom is 0.410 e. The van der Waals surface area contributed by atoms with Crippen LogP contribution in [0.25, 0.3) is 0 Å². The third-order valence-corrected chi connectivity index (χ3v) is 4.28. The number of nitrogens with zero attached hydrogens (tertiary/aromatic N) is 3. The van der Waals surface area contributed by atoms with Gasteiger partial charge in [0, 0.05) is 31.4 Å². The number of amides is 1. The van der Waals surface area contributed by atoms with Crippen molar-refractivity contribution in [1.29, 1.82) is 0 Å². The second-order valence-electron chi connectivity index (χ2n) is 7.34. The van der Waals surface area contributed by atoms with E-state index in [2.05, 4.69) is 23.9 Å². The molecule has 23 heavy (non-hydrogen) atoms. The molecule has 1 aromatic rings. The van der Waals surface area contributed by atoms with Crippen LogP contribution in [-0.2, 0) is 4.74 Å². The number of pyridine rings is 1. The predicted octanol–water partition coefficient (Wildman–Crippen LogP) is 3.47. The zero-order chi connectivity index (χ0) is 17.0. The van der Waals surface area contributed by atoms with Gasteiger partial charge in [0.15, 0.2) is 0 Å². The number of aromatic nitrogens is 1. The van der Waals surface area contributed by atoms with E-state index >= 15 is 0 Å². The Balaban J connectivity index is 1.96. The van der Waals surface area contributed by atoms with Crippen LogP contribution in [-0.4, -0.2) is 52.7 Å². The molecule has 5 heteroatoms. The van der Waals surface area contributed by atoms with Crippen LogP contribution in [0.5, 0.6) is 0 Å². The van der Waals surface area contributed by atoms with Crippen LogP contribution in [0.2, 0.25) is 0 Å². The lowest BCUT2D eigenvalue weighted by molar-refractivity contribution is 0.0193. The average molecular weight is 319 g/mol. The van der Waals surface area contributed by atoms with Crippen molar-refractivity contribution in [1.82, 2.24) is 14.8 Å². The summed E-state index contributed by atoms with van der Waals surface area (Å²) in [5, 5.41) is 0. The maximum atomic E-state index is 12.4. The van der Waals surface area contributed by atoms with E-state index in [1.54, 1.807) is 0 Å². The maximum absolute atomic E-state index is 12.4. The van der Waals surface area contributed by atoms with Gasteiger partial charge in [-0.3, -0.25) is 9.88 Å². The Morgan fingerprint density at radius 3 is 2.83 bits per heavy atom. The summed E-state index contributed by atoms with van der Waals surface area (Å²) in [6.45, 7) is 9.49. The first-order valence-corrected chi connectivity index (χ1v) is 8.39. The number of hydrogen-bond acceptors (Lipinski definition) is 4. The highest BCUT2D eigenvalue weighted by Crippen LogP contribution is 2.24. The number of likely N-dealkylation sites (N-methyl/N-ethyl adjacent to an activating group) is 1. The summed E-state index contributed by atoms with van der Waals surface area (Å²) in [6.07, 6.45) is 3.69. The molecule has 2 atom stereocenters. The van der Waals surface area contributed by atoms with Crippen LogP contribution < -0.4 is 0 Å². The van der Waals surface area contributed by atoms with Crippen molar-refractivity contribution >= 4 is 6.09 Å². The van der Waals surface area contributed by atoms with E-state index < -0.39 is 5.60 Å². The summed E-state index contributed by atoms with van der Waals surface area (Å²) in [6, 6.07) is 6.41. The lowest BCUT2D eigenvalue weighted by atomic mass is 10.1. The molecule has 5 nitrogen and oxygen atoms in total. The Labute approximate surface area is 139 Å². The summed E-state index contributed by atoms with van der Waals surface area (Å²) in [4.78, 5) is 20.9. The fourth-order valence-corrected chi connectivity index (χ4v) is 2.93. The van der Waals surface area contributed by atoms with Crippen LogP contribution in [0.15, 0.2) is 24.4 Å². The van der Waals surface area contributed by atoms with Crippen LogP contribution in [0.4, 0.5) is 4.79 Å². The Morgan fingerprint density at radius 2 is 2.22 bits per heavy atom. The number of hydrogen-bond donors (Lipinski definition) is 0. The molecule has 0 aliphatic carbocycles. The minimum absolute atomic E-state index is 0.195. The molecule has 2 heterocycles. The van der Waals surface area contributed by atoms with E-state index in [0.29, 0.717) is 0 Å². The summed E-state index contributed by atoms with van der Waals surface area (Å²) >= 11 is 0. The molecule has 1 saturated heterocycles. The van der Waals surface area contributed by atoms with Gasteiger partial charge in [-0.15, -0.1) is 0 Å². The summed E-state index contributed by atoms with van der Waals surface area (Å²) in [7, 11) is 2.09. The lowest BCUT2D eigenvalue weighted by Crippen LogP contribution is -2.44. The summed E-state index contributed by atoms with van der Waals surface area (Å²) in [5.74, 6) is 0. The highest BCUT2D eigenvalue weighted by molar-refractivity contribution is 5.69. The van der Waals surface area contributed by atoms with Crippen molar-refractivity contribution in [2.24, 2.45) is 0 Å². The smallest absolute Gasteiger partial charge is 0.410 e. The van der Waals surface area contributed by atoms with Crippen LogP contribution in [0.1, 0.15) is 52.3 Å². The molecule has 0 aromatic carbocycles. The van der Waals surface area contributed by atoms with Gasteiger partial charge < -0.3 is 9.64 Å². The molecule has 2 rings (SSSR count). The molecule has 0 saturated carbocycles. The zero-order valence-electron chi connectivity index (χ0n) is 15.0. The monoisotopic (exact) mass is 319 g/mol. The minimum Gasteiger partial charge on any atom is -0.444 e. The summed E-state index contributed by atoms with van der Waals surface area (Å²) in [5.41, 5.74) is 0.606. The first kappa shape index (κ1) is 17.7. The molecule has 0 radical (unpaired) electrons. The van der Waals surface area contributed by atoms with Crippen LogP contribution in [0.3, 0.4) is 0 Å². The van der Waals surface area contributed by atoms with Gasteiger partial charge in [0.2, 0.25) is 0 Å².